The minimum Gasteiger partial charge on any atom is -0.337 e. The molecule has 0 saturated carbocycles. The van der Waals surface area contributed by atoms with Crippen LogP contribution in [0.2, 0.25) is 0 Å². The number of anilines is 1. The molecule has 5 heteroatoms. The summed E-state index contributed by atoms with van der Waals surface area (Å²) >= 11 is 0. The number of carbonyl (C=O) groups excluding carboxylic acids is 1. The van der Waals surface area contributed by atoms with Gasteiger partial charge < -0.3 is 9.80 Å². The number of hydrogen-bond donors (Lipinski definition) is 0. The quantitative estimate of drug-likeness (QED) is 0.819. The fourth-order valence-corrected chi connectivity index (χ4v) is 2.49. The average molecular weight is 262 g/mol. The molecule has 104 valence electrons. The second kappa shape index (κ2) is 6.10. The molecule has 0 bridgehead atoms. The smallest absolute Gasteiger partial charge is 0.225 e. The summed E-state index contributed by atoms with van der Waals surface area (Å²) in [6.45, 7) is 4.20. The zero-order valence-electron chi connectivity index (χ0n) is 12.0. The molecule has 0 aromatic carbocycles. The zero-order chi connectivity index (χ0) is 13.8. The van der Waals surface area contributed by atoms with Crippen molar-refractivity contribution in [2.45, 2.75) is 25.7 Å². The number of ketones is 1. The molecule has 0 radical (unpaired) electrons. The first-order valence-electron chi connectivity index (χ1n) is 6.77. The predicted octanol–water partition coefficient (Wildman–Crippen LogP) is 1.31. The van der Waals surface area contributed by atoms with E-state index in [0.29, 0.717) is 18.4 Å². The van der Waals surface area contributed by atoms with Gasteiger partial charge in [-0.3, -0.25) is 4.79 Å². The van der Waals surface area contributed by atoms with Gasteiger partial charge in [0.2, 0.25) is 5.95 Å². The lowest BCUT2D eigenvalue weighted by molar-refractivity contribution is -0.115. The lowest BCUT2D eigenvalue weighted by Gasteiger charge is -2.28. The van der Waals surface area contributed by atoms with E-state index in [2.05, 4.69) is 21.9 Å². The van der Waals surface area contributed by atoms with Crippen molar-refractivity contribution in [1.29, 1.82) is 0 Å². The average Bonchev–Trinajstić information content (AvgIpc) is 2.39. The van der Waals surface area contributed by atoms with E-state index in [9.17, 15) is 4.79 Å². The van der Waals surface area contributed by atoms with Crippen LogP contribution in [0.3, 0.4) is 0 Å². The number of likely N-dealkylation sites (tertiary alicyclic amines) is 1. The van der Waals surface area contributed by atoms with Gasteiger partial charge in [-0.1, -0.05) is 0 Å². The minimum absolute atomic E-state index is 0.116. The molecule has 1 aliphatic rings. The van der Waals surface area contributed by atoms with Crippen molar-refractivity contribution < 1.29 is 4.79 Å². The Morgan fingerprint density at radius 3 is 2.47 bits per heavy atom. The molecule has 0 atom stereocenters. The Balaban J connectivity index is 2.00. The fourth-order valence-electron chi connectivity index (χ4n) is 2.49. The van der Waals surface area contributed by atoms with Crippen LogP contribution in [-0.4, -0.2) is 54.4 Å². The predicted molar refractivity (Wildman–Crippen MR) is 75.5 cm³/mol. The second-order valence-electron chi connectivity index (χ2n) is 5.45. The summed E-state index contributed by atoms with van der Waals surface area (Å²) < 4.78 is 0. The number of likely N-dealkylation sites (N-methyl/N-ethyl adjacent to an activating group) is 1. The van der Waals surface area contributed by atoms with Crippen LogP contribution < -0.4 is 4.90 Å². The van der Waals surface area contributed by atoms with E-state index < -0.39 is 0 Å². The van der Waals surface area contributed by atoms with Gasteiger partial charge in [0.05, 0.1) is 6.54 Å². The zero-order valence-corrected chi connectivity index (χ0v) is 12.0. The fraction of sp³-hybridized carbons (Fsp3) is 0.643. The largest absolute Gasteiger partial charge is 0.337 e. The van der Waals surface area contributed by atoms with Gasteiger partial charge in [0.25, 0.3) is 0 Å². The normalized spacial score (nSPS) is 17.4. The Kier molecular flexibility index (Phi) is 4.47. The Morgan fingerprint density at radius 2 is 1.95 bits per heavy atom. The number of hydrogen-bond acceptors (Lipinski definition) is 5. The first-order valence-corrected chi connectivity index (χ1v) is 6.77. The molecule has 2 heterocycles. The summed E-state index contributed by atoms with van der Waals surface area (Å²) in [5, 5.41) is 0. The summed E-state index contributed by atoms with van der Waals surface area (Å²) in [6.07, 6.45) is 6.16. The highest BCUT2D eigenvalue weighted by Gasteiger charge is 2.19. The lowest BCUT2D eigenvalue weighted by atomic mass is 9.92. The number of rotatable bonds is 4. The molecule has 1 saturated heterocycles. The van der Waals surface area contributed by atoms with E-state index in [0.717, 1.165) is 13.1 Å². The monoisotopic (exact) mass is 262 g/mol. The molecule has 2 rings (SSSR count). The summed E-state index contributed by atoms with van der Waals surface area (Å²) in [4.78, 5) is 24.0. The van der Waals surface area contributed by atoms with Crippen LogP contribution in [0.1, 0.15) is 31.2 Å². The van der Waals surface area contributed by atoms with Gasteiger partial charge in [0, 0.05) is 19.4 Å². The van der Waals surface area contributed by atoms with Gasteiger partial charge in [-0.05, 0) is 51.4 Å². The van der Waals surface area contributed by atoms with Gasteiger partial charge in [0.1, 0.15) is 5.78 Å². The molecule has 1 aromatic rings. The summed E-state index contributed by atoms with van der Waals surface area (Å²) in [5.41, 5.74) is 1.22. The van der Waals surface area contributed by atoms with Gasteiger partial charge in [0.15, 0.2) is 0 Å². The van der Waals surface area contributed by atoms with Crippen molar-refractivity contribution >= 4 is 11.7 Å². The number of carbonyl (C=O) groups is 1. The SMILES string of the molecule is CC(=O)CN(C)c1ncc(C2CCN(C)CC2)cn1. The van der Waals surface area contributed by atoms with E-state index in [1.165, 1.54) is 18.4 Å². The van der Waals surface area contributed by atoms with Crippen molar-refractivity contribution in [1.82, 2.24) is 14.9 Å². The van der Waals surface area contributed by atoms with Crippen LogP contribution in [0, 0.1) is 0 Å². The summed E-state index contributed by atoms with van der Waals surface area (Å²) in [5.74, 6) is 1.31. The van der Waals surface area contributed by atoms with Crippen molar-refractivity contribution in [2.75, 3.05) is 38.6 Å². The first kappa shape index (κ1) is 13.9. The van der Waals surface area contributed by atoms with Crippen LogP contribution >= 0.6 is 0 Å². The van der Waals surface area contributed by atoms with Gasteiger partial charge in [-0.2, -0.15) is 0 Å². The van der Waals surface area contributed by atoms with Crippen molar-refractivity contribution in [3.8, 4) is 0 Å². The Hall–Kier alpha value is -1.49. The second-order valence-corrected chi connectivity index (χ2v) is 5.45. The molecular formula is C14H22N4O. The number of aromatic nitrogens is 2. The lowest BCUT2D eigenvalue weighted by Crippen LogP contribution is -2.29. The van der Waals surface area contributed by atoms with Gasteiger partial charge >= 0.3 is 0 Å². The maximum atomic E-state index is 11.1. The molecule has 5 nitrogen and oxygen atoms in total. The Labute approximate surface area is 114 Å². The summed E-state index contributed by atoms with van der Waals surface area (Å²) in [6, 6.07) is 0. The first-order chi connectivity index (χ1) is 9.06. The van der Waals surface area contributed by atoms with E-state index >= 15 is 0 Å². The molecule has 19 heavy (non-hydrogen) atoms. The van der Waals surface area contributed by atoms with Crippen LogP contribution in [0.15, 0.2) is 12.4 Å². The van der Waals surface area contributed by atoms with Crippen molar-refractivity contribution in [3.05, 3.63) is 18.0 Å². The van der Waals surface area contributed by atoms with Gasteiger partial charge in [-0.15, -0.1) is 0 Å². The third-order valence-corrected chi connectivity index (χ3v) is 3.65. The third-order valence-electron chi connectivity index (χ3n) is 3.65. The highest BCUT2D eigenvalue weighted by atomic mass is 16.1. The molecule has 0 N–H and O–H groups in total. The Morgan fingerprint density at radius 1 is 1.37 bits per heavy atom. The van der Waals surface area contributed by atoms with Crippen LogP contribution in [0.5, 0.6) is 0 Å². The third kappa shape index (κ3) is 3.73. The number of piperidine rings is 1. The molecule has 0 aliphatic carbocycles. The molecular weight excluding hydrogens is 240 g/mol. The minimum atomic E-state index is 0.116. The van der Waals surface area contributed by atoms with Gasteiger partial charge in [-0.25, -0.2) is 9.97 Å². The van der Waals surface area contributed by atoms with E-state index in [1.807, 2.05) is 19.4 Å². The van der Waals surface area contributed by atoms with Crippen LogP contribution in [0.4, 0.5) is 5.95 Å². The molecule has 0 spiro atoms. The number of nitrogens with zero attached hydrogens (tertiary/aromatic N) is 4. The molecule has 0 unspecified atom stereocenters. The van der Waals surface area contributed by atoms with E-state index in [4.69, 9.17) is 0 Å². The highest BCUT2D eigenvalue weighted by molar-refractivity contribution is 5.80. The molecule has 1 aliphatic heterocycles. The van der Waals surface area contributed by atoms with Crippen LogP contribution in [-0.2, 0) is 4.79 Å². The maximum absolute atomic E-state index is 11.1. The standard InChI is InChI=1S/C14H22N4O/c1-11(19)10-18(3)14-15-8-13(9-16-14)12-4-6-17(2)7-5-12/h8-9,12H,4-7,10H2,1-3H3. The molecule has 0 amide bonds. The summed E-state index contributed by atoms with van der Waals surface area (Å²) in [7, 11) is 4.00. The maximum Gasteiger partial charge on any atom is 0.225 e. The van der Waals surface area contributed by atoms with Crippen molar-refractivity contribution in [2.24, 2.45) is 0 Å². The number of Topliss-reactive ketones (excluding diaryl/α,β-unsaturated/α-hetero) is 1. The topological polar surface area (TPSA) is 49.3 Å². The van der Waals surface area contributed by atoms with Crippen LogP contribution in [0.25, 0.3) is 0 Å². The Bertz CT molecular complexity index is 424. The van der Waals surface area contributed by atoms with E-state index in [1.54, 1.807) is 11.8 Å². The van der Waals surface area contributed by atoms with E-state index in [-0.39, 0.29) is 5.78 Å². The van der Waals surface area contributed by atoms with Crippen molar-refractivity contribution in [3.63, 3.8) is 0 Å². The highest BCUT2D eigenvalue weighted by Crippen LogP contribution is 2.26. The molecule has 1 aromatic heterocycles. The molecule has 1 fully saturated rings.